The molecule has 0 fully saturated rings. The maximum Gasteiger partial charge on any atom is 0.247 e. The molecule has 0 spiro atoms. The molecule has 18 heavy (non-hydrogen) atoms. The van der Waals surface area contributed by atoms with Crippen LogP contribution >= 0.6 is 23.2 Å². The summed E-state index contributed by atoms with van der Waals surface area (Å²) in [4.78, 5) is 8.34. The molecular weight excluding hydrogens is 273 g/mol. The minimum Gasteiger partial charge on any atom is -0.418 e. The van der Waals surface area contributed by atoms with Crippen molar-refractivity contribution >= 4 is 40.1 Å². The van der Waals surface area contributed by atoms with Crippen LogP contribution in [0.5, 0.6) is 0 Å². The second-order valence-corrected chi connectivity index (χ2v) is 4.60. The number of hydrogen-bond donors (Lipinski definition) is 1. The van der Waals surface area contributed by atoms with E-state index in [0.29, 0.717) is 38.4 Å². The van der Waals surface area contributed by atoms with Crippen molar-refractivity contribution in [1.82, 2.24) is 9.97 Å². The smallest absolute Gasteiger partial charge is 0.247 e. The molecule has 2 aromatic heterocycles. The largest absolute Gasteiger partial charge is 0.418 e. The van der Waals surface area contributed by atoms with Gasteiger partial charge in [0.15, 0.2) is 0 Å². The summed E-state index contributed by atoms with van der Waals surface area (Å²) < 4.78 is 5.53. The molecule has 90 valence electrons. The monoisotopic (exact) mass is 279 g/mol. The van der Waals surface area contributed by atoms with Gasteiger partial charge in [0, 0.05) is 16.9 Å². The maximum atomic E-state index is 5.93. The van der Waals surface area contributed by atoms with Gasteiger partial charge in [-0.2, -0.15) is 0 Å². The average Bonchev–Trinajstić information content (AvgIpc) is 2.74. The summed E-state index contributed by atoms with van der Waals surface area (Å²) in [6.45, 7) is 0. The van der Waals surface area contributed by atoms with Crippen LogP contribution in [-0.2, 0) is 0 Å². The summed E-state index contributed by atoms with van der Waals surface area (Å²) in [5.74, 6) is 0.375. The minimum absolute atomic E-state index is 0.375. The zero-order valence-corrected chi connectivity index (χ0v) is 10.5. The molecule has 0 aliphatic carbocycles. The highest BCUT2D eigenvalue weighted by Gasteiger charge is 2.12. The molecule has 0 unspecified atom stereocenters. The molecule has 0 amide bonds. The first-order chi connectivity index (χ1) is 8.63. The molecule has 3 rings (SSSR count). The van der Waals surface area contributed by atoms with Crippen molar-refractivity contribution in [3.63, 3.8) is 0 Å². The van der Waals surface area contributed by atoms with Crippen molar-refractivity contribution in [2.24, 2.45) is 0 Å². The van der Waals surface area contributed by atoms with Gasteiger partial charge in [-0.1, -0.05) is 23.2 Å². The van der Waals surface area contributed by atoms with Crippen molar-refractivity contribution < 1.29 is 4.42 Å². The number of benzene rings is 1. The Bertz CT molecular complexity index is 739. The second-order valence-electron chi connectivity index (χ2n) is 3.73. The van der Waals surface area contributed by atoms with Crippen LogP contribution in [0.2, 0.25) is 10.0 Å². The van der Waals surface area contributed by atoms with Crippen LogP contribution in [-0.4, -0.2) is 9.97 Å². The summed E-state index contributed by atoms with van der Waals surface area (Å²) in [6, 6.07) is 6.78. The lowest BCUT2D eigenvalue weighted by Crippen LogP contribution is -1.89. The lowest BCUT2D eigenvalue weighted by atomic mass is 10.2. The number of rotatable bonds is 1. The lowest BCUT2D eigenvalue weighted by Gasteiger charge is -2.00. The van der Waals surface area contributed by atoms with E-state index >= 15 is 0 Å². The third-order valence-corrected chi connectivity index (χ3v) is 2.90. The van der Waals surface area contributed by atoms with Crippen molar-refractivity contribution in [3.05, 3.63) is 40.5 Å². The zero-order valence-electron chi connectivity index (χ0n) is 9.02. The van der Waals surface area contributed by atoms with Crippen LogP contribution in [0.25, 0.3) is 22.7 Å². The Hall–Kier alpha value is -1.78. The fourth-order valence-electron chi connectivity index (χ4n) is 1.63. The van der Waals surface area contributed by atoms with Gasteiger partial charge < -0.3 is 10.2 Å². The molecule has 0 saturated carbocycles. The van der Waals surface area contributed by atoms with Crippen LogP contribution in [0.3, 0.4) is 0 Å². The van der Waals surface area contributed by atoms with Crippen molar-refractivity contribution in [3.8, 4) is 11.5 Å². The molecule has 0 radical (unpaired) electrons. The van der Waals surface area contributed by atoms with Crippen LogP contribution in [0, 0.1) is 0 Å². The predicted molar refractivity (Wildman–Crippen MR) is 71.7 cm³/mol. The Kier molecular flexibility index (Phi) is 2.61. The molecule has 0 saturated heterocycles. The van der Waals surface area contributed by atoms with E-state index in [1.807, 2.05) is 0 Å². The fraction of sp³-hybridized carbons (Fsp3) is 0. The standard InChI is InChI=1S/C12H7Cl2N3O/c13-6-1-2-9(15)8(3-6)11-17-10-4-7(14)5-16-12(10)18-11/h1-5H,15H2. The molecule has 0 bridgehead atoms. The van der Waals surface area contributed by atoms with Gasteiger partial charge in [-0.25, -0.2) is 9.97 Å². The van der Waals surface area contributed by atoms with Gasteiger partial charge in [0.1, 0.15) is 5.52 Å². The highest BCUT2D eigenvalue weighted by molar-refractivity contribution is 6.31. The summed E-state index contributed by atoms with van der Waals surface area (Å²) in [7, 11) is 0. The topological polar surface area (TPSA) is 64.9 Å². The second kappa shape index (κ2) is 4.15. The first-order valence-corrected chi connectivity index (χ1v) is 5.86. The van der Waals surface area contributed by atoms with Crippen LogP contribution < -0.4 is 5.73 Å². The highest BCUT2D eigenvalue weighted by atomic mass is 35.5. The Labute approximate surface area is 112 Å². The van der Waals surface area contributed by atoms with E-state index in [0.717, 1.165) is 0 Å². The summed E-state index contributed by atoms with van der Waals surface area (Å²) >= 11 is 11.8. The SMILES string of the molecule is Nc1ccc(Cl)cc1-c1nc2cc(Cl)cnc2o1. The number of oxazole rings is 1. The van der Waals surface area contributed by atoms with Gasteiger partial charge in [-0.15, -0.1) is 0 Å². The number of halogens is 2. The Morgan fingerprint density at radius 3 is 2.78 bits per heavy atom. The van der Waals surface area contributed by atoms with Gasteiger partial charge >= 0.3 is 0 Å². The van der Waals surface area contributed by atoms with E-state index in [4.69, 9.17) is 33.4 Å². The first-order valence-electron chi connectivity index (χ1n) is 5.11. The normalized spacial score (nSPS) is 11.0. The van der Waals surface area contributed by atoms with Crippen LogP contribution in [0.4, 0.5) is 5.69 Å². The molecular formula is C12H7Cl2N3O. The van der Waals surface area contributed by atoms with Gasteiger partial charge in [-0.3, -0.25) is 0 Å². The number of fused-ring (bicyclic) bond motifs is 1. The van der Waals surface area contributed by atoms with Crippen LogP contribution in [0.15, 0.2) is 34.9 Å². The van der Waals surface area contributed by atoms with Crippen molar-refractivity contribution in [2.45, 2.75) is 0 Å². The molecule has 1 aromatic carbocycles. The molecule has 2 heterocycles. The number of nitrogens with two attached hydrogens (primary N) is 1. The van der Waals surface area contributed by atoms with Crippen LogP contribution in [0.1, 0.15) is 0 Å². The van der Waals surface area contributed by atoms with E-state index in [1.54, 1.807) is 24.3 Å². The molecule has 6 heteroatoms. The summed E-state index contributed by atoms with van der Waals surface area (Å²) in [5, 5.41) is 1.06. The molecule has 0 aliphatic heterocycles. The third kappa shape index (κ3) is 1.89. The molecule has 4 nitrogen and oxygen atoms in total. The number of nitrogens with zero attached hydrogens (tertiary/aromatic N) is 2. The highest BCUT2D eigenvalue weighted by Crippen LogP contribution is 2.30. The van der Waals surface area contributed by atoms with Gasteiger partial charge in [0.2, 0.25) is 11.6 Å². The maximum absolute atomic E-state index is 5.93. The molecule has 0 atom stereocenters. The predicted octanol–water partition coefficient (Wildman–Crippen LogP) is 3.78. The minimum atomic E-state index is 0.375. The average molecular weight is 280 g/mol. The van der Waals surface area contributed by atoms with E-state index in [1.165, 1.54) is 6.20 Å². The fourth-order valence-corrected chi connectivity index (χ4v) is 1.95. The molecule has 0 aliphatic rings. The Morgan fingerprint density at radius 2 is 1.94 bits per heavy atom. The number of aromatic nitrogens is 2. The first kappa shape index (κ1) is 11.3. The number of anilines is 1. The van der Waals surface area contributed by atoms with E-state index < -0.39 is 0 Å². The van der Waals surface area contributed by atoms with E-state index in [9.17, 15) is 0 Å². The van der Waals surface area contributed by atoms with Gasteiger partial charge in [0.25, 0.3) is 0 Å². The summed E-state index contributed by atoms with van der Waals surface area (Å²) in [5.41, 5.74) is 8.03. The summed E-state index contributed by atoms with van der Waals surface area (Å²) in [6.07, 6.45) is 1.50. The molecule has 3 aromatic rings. The van der Waals surface area contributed by atoms with E-state index in [2.05, 4.69) is 9.97 Å². The third-order valence-electron chi connectivity index (χ3n) is 2.46. The van der Waals surface area contributed by atoms with Crippen molar-refractivity contribution in [1.29, 1.82) is 0 Å². The van der Waals surface area contributed by atoms with Crippen molar-refractivity contribution in [2.75, 3.05) is 5.73 Å². The zero-order chi connectivity index (χ0) is 12.7. The lowest BCUT2D eigenvalue weighted by molar-refractivity contribution is 0.608. The van der Waals surface area contributed by atoms with E-state index in [-0.39, 0.29) is 0 Å². The number of pyridine rings is 1. The quantitative estimate of drug-likeness (QED) is 0.689. The Morgan fingerprint density at radius 1 is 1.11 bits per heavy atom. The number of nitrogen functional groups attached to an aromatic ring is 1. The molecule has 2 N–H and O–H groups in total. The van der Waals surface area contributed by atoms with Gasteiger partial charge in [-0.05, 0) is 24.3 Å². The Balaban J connectivity index is 2.22. The number of hydrogen-bond acceptors (Lipinski definition) is 4. The van der Waals surface area contributed by atoms with Gasteiger partial charge in [0.05, 0.1) is 10.6 Å².